The summed E-state index contributed by atoms with van der Waals surface area (Å²) in [5.41, 5.74) is -0.429. The average molecular weight is 1420 g/mol. The number of nitrogens with one attached hydrogen (secondary N) is 6. The Morgan fingerprint density at radius 1 is 0.388 bits per heavy atom. The minimum absolute atomic E-state index is 0.119. The van der Waals surface area contributed by atoms with Gasteiger partial charge in [-0.05, 0) is 145 Å². The lowest BCUT2D eigenvalue weighted by Gasteiger charge is -2.31. The van der Waals surface area contributed by atoms with E-state index in [4.69, 9.17) is 20.4 Å². The van der Waals surface area contributed by atoms with Crippen LogP contribution in [0.25, 0.3) is 0 Å². The average Bonchev–Trinajstić information content (AvgIpc) is 1.36. The fourth-order valence-corrected chi connectivity index (χ4v) is 7.19. The highest BCUT2D eigenvalue weighted by molar-refractivity contribution is 5.82. The number of likely N-dealkylation sites (N-methyl/N-ethyl adjacent to an activating group) is 2. The molecule has 98 heavy (non-hydrogen) atoms. The number of hydrogen-bond donors (Lipinski definition) is 15. The van der Waals surface area contributed by atoms with E-state index >= 15 is 0 Å². The predicted molar refractivity (Wildman–Crippen MR) is 412 cm³/mol. The predicted octanol–water partition coefficient (Wildman–Crippen LogP) is 7.25. The number of rotatable bonds is 46. The van der Waals surface area contributed by atoms with Crippen molar-refractivity contribution < 1.29 is 65.1 Å². The smallest absolute Gasteiger partial charge is 0.225 e. The van der Waals surface area contributed by atoms with Crippen LogP contribution in [0.4, 0.5) is 0 Å². The molecule has 0 aliphatic carbocycles. The van der Waals surface area contributed by atoms with E-state index in [1.807, 2.05) is 135 Å². The van der Waals surface area contributed by atoms with Crippen molar-refractivity contribution in [3.05, 3.63) is 0 Å². The van der Waals surface area contributed by atoms with Crippen LogP contribution in [0.2, 0.25) is 0 Å². The molecule has 12 unspecified atom stereocenters. The van der Waals surface area contributed by atoms with Crippen molar-refractivity contribution in [2.75, 3.05) is 133 Å². The van der Waals surface area contributed by atoms with Gasteiger partial charge in [-0.25, -0.2) is 0 Å². The standard InChI is InChI=1S/C12H27NO3.C11H25NO3.C10H22N2O.C9H20N2O.C9H19NO.C9H21NO.C8H17NO.C7H17NO2/c1-4-10(3)6-13(7-11(15)5-2)8-12(16)9-14;1-4-9(3)12(6-10(14)5-2)7-11(15)8-13;1-6-10(2,3)9(13)11-7-8-12(4)5;1-5-8(2)9(12)10-6-7-11(3)4;1-5-7-10-8(11)9(3,4)6-2;1-4-8(3)10-7-6-9(11)5-2;1-4-6-9-8(10)7(3)5-2;1-3-6(2)8-4-7(10)5-9/h10-12,14-16H,4-9H2,1-3H3;9-11,13-15H,4-8H2,1-3H3;6-8H2,1-5H3,(H,11,13);8H,5-7H2,1-4H3,(H,10,12);5-7H2,1-4H3,(H,10,11);8-11H,4-7H2,1-3H3;7H,4-6H2,1-3H3,(H,9,10);6-10H,3-5H2,1-2H3. The van der Waals surface area contributed by atoms with Gasteiger partial charge in [0.2, 0.25) is 23.6 Å². The quantitative estimate of drug-likeness (QED) is 0.0285. The van der Waals surface area contributed by atoms with Crippen LogP contribution in [0, 0.1) is 28.6 Å². The molecule has 0 heterocycles. The van der Waals surface area contributed by atoms with E-state index in [2.05, 4.69) is 104 Å². The van der Waals surface area contributed by atoms with Gasteiger partial charge in [0.25, 0.3) is 0 Å². The largest absolute Gasteiger partial charge is 0.394 e. The first kappa shape index (κ1) is 111. The summed E-state index contributed by atoms with van der Waals surface area (Å²) < 4.78 is 0. The molecule has 596 valence electrons. The van der Waals surface area contributed by atoms with E-state index in [-0.39, 0.29) is 84.4 Å². The molecule has 0 rings (SSSR count). The van der Waals surface area contributed by atoms with Gasteiger partial charge in [-0.15, -0.1) is 0 Å². The minimum Gasteiger partial charge on any atom is -0.394 e. The third-order valence-electron chi connectivity index (χ3n) is 17.2. The van der Waals surface area contributed by atoms with E-state index in [9.17, 15) is 44.7 Å². The fourth-order valence-electron chi connectivity index (χ4n) is 7.19. The maximum atomic E-state index is 11.5. The van der Waals surface area contributed by atoms with Crippen LogP contribution in [0.1, 0.15) is 249 Å². The van der Waals surface area contributed by atoms with Gasteiger partial charge in [-0.3, -0.25) is 29.0 Å². The molecule has 0 spiro atoms. The topological polar surface area (TPSA) is 335 Å². The SMILES string of the molecule is CCC(C)(C)C(=O)NCCN(C)C.CCC(C)C(=O)NCCN(C)C.CCC(C)CN(CC(O)CC)CC(O)CO.CCC(C)NCC(O)CO.CCC(O)CCNC(C)CC.CCC(O)CN(CC(O)CO)C(C)CC.CCCNC(=O)C(C)(C)CC.CCCNC(=O)C(C)CC. The zero-order chi connectivity index (χ0) is 78.0. The first-order valence-electron chi connectivity index (χ1n) is 38.0. The Labute approximate surface area is 603 Å². The molecule has 0 aliphatic heterocycles. The van der Waals surface area contributed by atoms with Gasteiger partial charge in [0.05, 0.1) is 56.4 Å². The van der Waals surface area contributed by atoms with Crippen molar-refractivity contribution in [2.45, 2.75) is 304 Å². The van der Waals surface area contributed by atoms with E-state index in [0.29, 0.717) is 69.6 Å². The third-order valence-corrected chi connectivity index (χ3v) is 17.2. The van der Waals surface area contributed by atoms with E-state index in [1.165, 1.54) is 0 Å². The number of aliphatic hydroxyl groups excluding tert-OH is 9. The maximum Gasteiger partial charge on any atom is 0.225 e. The van der Waals surface area contributed by atoms with Crippen LogP contribution in [0.3, 0.4) is 0 Å². The molecular formula is C75H168N10O13. The molecule has 0 radical (unpaired) electrons. The van der Waals surface area contributed by atoms with E-state index in [1.54, 1.807) is 0 Å². The van der Waals surface area contributed by atoms with Crippen molar-refractivity contribution in [2.24, 2.45) is 28.6 Å². The summed E-state index contributed by atoms with van der Waals surface area (Å²) in [7, 11) is 7.99. The van der Waals surface area contributed by atoms with Gasteiger partial charge in [-0.2, -0.15) is 0 Å². The molecule has 0 saturated carbocycles. The minimum atomic E-state index is -0.719. The summed E-state index contributed by atoms with van der Waals surface area (Å²) in [6.45, 7) is 55.2. The van der Waals surface area contributed by atoms with Crippen LogP contribution in [-0.2, 0) is 19.2 Å². The molecule has 0 aliphatic rings. The molecule has 0 aromatic rings. The number of carbonyl (C=O) groups excluding carboxylic acids is 4. The maximum absolute atomic E-state index is 11.5. The van der Waals surface area contributed by atoms with Crippen molar-refractivity contribution in [3.8, 4) is 0 Å². The van der Waals surface area contributed by atoms with Gasteiger partial charge in [0, 0.05) is 119 Å². The lowest BCUT2D eigenvalue weighted by Crippen LogP contribution is -2.43. The Kier molecular flexibility index (Phi) is 84.0. The number of amides is 4. The van der Waals surface area contributed by atoms with Crippen molar-refractivity contribution >= 4 is 23.6 Å². The highest BCUT2D eigenvalue weighted by atomic mass is 16.3. The highest BCUT2D eigenvalue weighted by Gasteiger charge is 2.26. The summed E-state index contributed by atoms with van der Waals surface area (Å²) in [6, 6.07) is 1.31. The van der Waals surface area contributed by atoms with Crippen LogP contribution >= 0.6 is 0 Å². The van der Waals surface area contributed by atoms with Gasteiger partial charge in [0.15, 0.2) is 0 Å². The highest BCUT2D eigenvalue weighted by Crippen LogP contribution is 2.20. The lowest BCUT2D eigenvalue weighted by molar-refractivity contribution is -0.130. The van der Waals surface area contributed by atoms with Crippen molar-refractivity contribution in [3.63, 3.8) is 0 Å². The number of nitrogens with zero attached hydrogens (tertiary/aromatic N) is 4. The molecule has 23 heteroatoms. The Balaban J connectivity index is -0.000000158. The Hall–Kier alpha value is -2.72. The van der Waals surface area contributed by atoms with Gasteiger partial charge < -0.3 is 87.7 Å². The van der Waals surface area contributed by atoms with Crippen molar-refractivity contribution in [1.82, 2.24) is 51.5 Å². The molecule has 0 aromatic carbocycles. The van der Waals surface area contributed by atoms with Crippen LogP contribution in [-0.4, -0.2) is 277 Å². The Morgan fingerprint density at radius 3 is 1.10 bits per heavy atom. The summed E-state index contributed by atoms with van der Waals surface area (Å²) in [6.07, 6.45) is 10.2. The van der Waals surface area contributed by atoms with Crippen LogP contribution in [0.5, 0.6) is 0 Å². The molecule has 23 nitrogen and oxygen atoms in total. The monoisotopic (exact) mass is 1420 g/mol. The molecule has 0 saturated heterocycles. The van der Waals surface area contributed by atoms with Gasteiger partial charge in [0.1, 0.15) is 0 Å². The summed E-state index contributed by atoms with van der Waals surface area (Å²) in [5, 5.41) is 100. The lowest BCUT2D eigenvalue weighted by atomic mass is 9.89. The molecule has 15 N–H and O–H groups in total. The Bertz CT molecular complexity index is 1670. The first-order chi connectivity index (χ1) is 45.7. The van der Waals surface area contributed by atoms with Gasteiger partial charge >= 0.3 is 0 Å². The zero-order valence-corrected chi connectivity index (χ0v) is 68.6. The zero-order valence-electron chi connectivity index (χ0n) is 68.6. The van der Waals surface area contributed by atoms with Crippen molar-refractivity contribution in [1.29, 1.82) is 0 Å². The normalized spacial score (nSPS) is 14.9. The Morgan fingerprint density at radius 2 is 0.745 bits per heavy atom. The number of carbonyl (C=O) groups is 4. The molecule has 12 atom stereocenters. The second-order valence-corrected chi connectivity index (χ2v) is 28.2. The fraction of sp³-hybridized carbons (Fsp3) is 0.947. The molecular weight excluding hydrogens is 1250 g/mol. The summed E-state index contributed by atoms with van der Waals surface area (Å²) in [5.74, 6) is 1.52. The van der Waals surface area contributed by atoms with E-state index < -0.39 is 18.3 Å². The van der Waals surface area contributed by atoms with E-state index in [0.717, 1.165) is 129 Å². The number of hydrogen-bond acceptors (Lipinski definition) is 19. The van der Waals surface area contributed by atoms with Crippen LogP contribution < -0.4 is 31.9 Å². The second kappa shape index (κ2) is 74.0. The summed E-state index contributed by atoms with van der Waals surface area (Å²) >= 11 is 0. The van der Waals surface area contributed by atoms with Gasteiger partial charge in [-0.1, -0.05) is 145 Å². The number of aliphatic hydroxyl groups is 9. The molecule has 0 fully saturated rings. The molecule has 4 amide bonds. The molecule has 0 aromatic heterocycles. The second-order valence-electron chi connectivity index (χ2n) is 28.2. The van der Waals surface area contributed by atoms with Crippen LogP contribution in [0.15, 0.2) is 0 Å². The third kappa shape index (κ3) is 75.9. The molecule has 0 bridgehead atoms. The first-order valence-corrected chi connectivity index (χ1v) is 38.0. The summed E-state index contributed by atoms with van der Waals surface area (Å²) in [4.78, 5) is 53.3.